The number of aliphatic hydroxyl groups excluding tert-OH is 1. The molecule has 0 saturated carbocycles. The van der Waals surface area contributed by atoms with E-state index >= 15 is 0 Å². The molecule has 0 spiro atoms. The summed E-state index contributed by atoms with van der Waals surface area (Å²) in [5.41, 5.74) is 3.90. The molecule has 0 unspecified atom stereocenters. The first-order chi connectivity index (χ1) is 14.7. The van der Waals surface area contributed by atoms with Crippen molar-refractivity contribution in [2.75, 3.05) is 46.0 Å². The summed E-state index contributed by atoms with van der Waals surface area (Å²) in [7, 11) is 0. The third-order valence-corrected chi connectivity index (χ3v) is 5.74. The molecular weight excluding hydrogens is 382 g/mol. The fraction of sp³-hybridized carbons (Fsp3) is 0.391. The second kappa shape index (κ2) is 9.38. The molecule has 7 nitrogen and oxygen atoms in total. The van der Waals surface area contributed by atoms with Crippen LogP contribution in [0.1, 0.15) is 17.0 Å². The molecule has 7 heteroatoms. The summed E-state index contributed by atoms with van der Waals surface area (Å²) >= 11 is 0. The van der Waals surface area contributed by atoms with E-state index in [2.05, 4.69) is 15.5 Å². The minimum Gasteiger partial charge on any atom is -0.394 e. The van der Waals surface area contributed by atoms with E-state index in [1.54, 1.807) is 0 Å². The molecule has 0 radical (unpaired) electrons. The van der Waals surface area contributed by atoms with Gasteiger partial charge >= 0.3 is 0 Å². The minimum atomic E-state index is -0.984. The van der Waals surface area contributed by atoms with Gasteiger partial charge in [0, 0.05) is 26.2 Å². The lowest BCUT2D eigenvalue weighted by Crippen LogP contribution is -2.51. The zero-order chi connectivity index (χ0) is 20.9. The fourth-order valence-corrected chi connectivity index (χ4v) is 4.17. The molecule has 158 valence electrons. The number of amides is 2. The van der Waals surface area contributed by atoms with Crippen molar-refractivity contribution in [3.63, 3.8) is 0 Å². The van der Waals surface area contributed by atoms with Crippen molar-refractivity contribution >= 4 is 11.8 Å². The van der Waals surface area contributed by atoms with E-state index < -0.39 is 18.6 Å². The summed E-state index contributed by atoms with van der Waals surface area (Å²) < 4.78 is 5.32. The van der Waals surface area contributed by atoms with E-state index in [-0.39, 0.29) is 11.8 Å². The molecule has 3 N–H and O–H groups in total. The Bertz CT molecular complexity index is 865. The van der Waals surface area contributed by atoms with Gasteiger partial charge in [0.15, 0.2) is 0 Å². The largest absolute Gasteiger partial charge is 0.394 e. The first-order valence-electron chi connectivity index (χ1n) is 10.4. The predicted molar refractivity (Wildman–Crippen MR) is 113 cm³/mol. The lowest BCUT2D eigenvalue weighted by Gasteiger charge is -2.27. The van der Waals surface area contributed by atoms with Gasteiger partial charge in [-0.1, -0.05) is 48.5 Å². The van der Waals surface area contributed by atoms with E-state index in [0.717, 1.165) is 35.3 Å². The zero-order valence-electron chi connectivity index (χ0n) is 16.8. The molecular formula is C23H27N3O4. The monoisotopic (exact) mass is 409 g/mol. The van der Waals surface area contributed by atoms with Crippen LogP contribution in [0, 0.1) is 0 Å². The van der Waals surface area contributed by atoms with E-state index in [9.17, 15) is 14.7 Å². The minimum absolute atomic E-state index is 0.283. The molecule has 1 aliphatic carbocycles. The highest BCUT2D eigenvalue weighted by atomic mass is 16.5. The van der Waals surface area contributed by atoms with E-state index in [0.29, 0.717) is 26.3 Å². The number of hydrogen-bond acceptors (Lipinski definition) is 5. The van der Waals surface area contributed by atoms with E-state index in [4.69, 9.17) is 4.74 Å². The first kappa shape index (κ1) is 20.5. The Labute approximate surface area is 176 Å². The standard InChI is InChI=1S/C23H27N3O4/c27-15-20(22(28)24-9-10-26-11-13-30-14-12-26)25-23(29)21-18-7-3-1-5-16(18)17-6-2-4-8-19(17)21/h1-8,20-21,27H,9-15H2,(H,24,28)(H,25,29)/t20-/m0/s1. The van der Waals surface area contributed by atoms with Crippen molar-refractivity contribution in [3.05, 3.63) is 59.7 Å². The first-order valence-corrected chi connectivity index (χ1v) is 10.4. The maximum absolute atomic E-state index is 13.1. The van der Waals surface area contributed by atoms with E-state index in [1.807, 2.05) is 48.5 Å². The topological polar surface area (TPSA) is 90.9 Å². The van der Waals surface area contributed by atoms with Crippen LogP contribution in [0.5, 0.6) is 0 Å². The second-order valence-corrected chi connectivity index (χ2v) is 7.60. The lowest BCUT2D eigenvalue weighted by molar-refractivity contribution is -0.130. The Morgan fingerprint density at radius 3 is 2.23 bits per heavy atom. The number of hydrogen-bond donors (Lipinski definition) is 3. The highest BCUT2D eigenvalue weighted by molar-refractivity contribution is 5.98. The third-order valence-electron chi connectivity index (χ3n) is 5.74. The predicted octanol–water partition coefficient (Wildman–Crippen LogP) is 0.724. The summed E-state index contributed by atoms with van der Waals surface area (Å²) in [5.74, 6) is -1.15. The zero-order valence-corrected chi connectivity index (χ0v) is 16.8. The van der Waals surface area contributed by atoms with Crippen molar-refractivity contribution in [1.82, 2.24) is 15.5 Å². The van der Waals surface area contributed by atoms with Crippen LogP contribution in [0.3, 0.4) is 0 Å². The van der Waals surface area contributed by atoms with Crippen LogP contribution in [0.4, 0.5) is 0 Å². The number of carbonyl (C=O) groups excluding carboxylic acids is 2. The van der Waals surface area contributed by atoms with Gasteiger partial charge in [-0.25, -0.2) is 0 Å². The van der Waals surface area contributed by atoms with Gasteiger partial charge in [0.25, 0.3) is 0 Å². The van der Waals surface area contributed by atoms with Crippen molar-refractivity contribution < 1.29 is 19.4 Å². The van der Waals surface area contributed by atoms with Gasteiger partial charge in [0.2, 0.25) is 11.8 Å². The Balaban J connectivity index is 1.40. The number of aliphatic hydroxyl groups is 1. The van der Waals surface area contributed by atoms with Gasteiger partial charge in [-0.3, -0.25) is 14.5 Å². The number of morpholine rings is 1. The summed E-state index contributed by atoms with van der Waals surface area (Å²) in [6.45, 7) is 3.81. The highest BCUT2D eigenvalue weighted by Gasteiger charge is 2.35. The van der Waals surface area contributed by atoms with Gasteiger partial charge in [0.1, 0.15) is 6.04 Å². The SMILES string of the molecule is O=C(N[C@@H](CO)C(=O)NCCN1CCOCC1)C1c2ccccc2-c2ccccc21. The molecule has 0 bridgehead atoms. The number of fused-ring (bicyclic) bond motifs is 3. The van der Waals surface area contributed by atoms with Gasteiger partial charge in [-0.05, 0) is 22.3 Å². The van der Waals surface area contributed by atoms with Crippen molar-refractivity contribution in [2.24, 2.45) is 0 Å². The van der Waals surface area contributed by atoms with Crippen molar-refractivity contribution in [1.29, 1.82) is 0 Å². The molecule has 30 heavy (non-hydrogen) atoms. The summed E-state index contributed by atoms with van der Waals surface area (Å²) in [4.78, 5) is 27.9. The Morgan fingerprint density at radius 1 is 1.03 bits per heavy atom. The van der Waals surface area contributed by atoms with Crippen LogP contribution in [0.2, 0.25) is 0 Å². The average Bonchev–Trinajstić information content (AvgIpc) is 3.12. The summed E-state index contributed by atoms with van der Waals surface area (Å²) in [6, 6.07) is 14.6. The fourth-order valence-electron chi connectivity index (χ4n) is 4.17. The molecule has 2 amide bonds. The third kappa shape index (κ3) is 4.23. The van der Waals surface area contributed by atoms with Crippen LogP contribution in [0.15, 0.2) is 48.5 Å². The molecule has 1 saturated heterocycles. The summed E-state index contributed by atoms with van der Waals surface area (Å²) in [6.07, 6.45) is 0. The number of nitrogens with one attached hydrogen (secondary N) is 2. The Kier molecular flexibility index (Phi) is 6.42. The van der Waals surface area contributed by atoms with Crippen LogP contribution < -0.4 is 10.6 Å². The lowest BCUT2D eigenvalue weighted by atomic mass is 9.95. The van der Waals surface area contributed by atoms with Crippen molar-refractivity contribution in [3.8, 4) is 11.1 Å². The van der Waals surface area contributed by atoms with Crippen LogP contribution in [-0.2, 0) is 14.3 Å². The molecule has 2 aromatic carbocycles. The second-order valence-electron chi connectivity index (χ2n) is 7.60. The molecule has 1 fully saturated rings. The molecule has 1 atom stereocenters. The Hall–Kier alpha value is -2.74. The normalized spacial score (nSPS) is 17.1. The number of rotatable bonds is 7. The van der Waals surface area contributed by atoms with Gasteiger partial charge < -0.3 is 20.5 Å². The maximum atomic E-state index is 13.1. The average molecular weight is 409 g/mol. The number of ether oxygens (including phenoxy) is 1. The van der Waals surface area contributed by atoms with Crippen molar-refractivity contribution in [2.45, 2.75) is 12.0 Å². The molecule has 0 aromatic heterocycles. The van der Waals surface area contributed by atoms with Gasteiger partial charge in [0.05, 0.1) is 25.7 Å². The molecule has 1 heterocycles. The summed E-state index contributed by atoms with van der Waals surface area (Å²) in [5, 5.41) is 15.3. The molecule has 1 aliphatic heterocycles. The smallest absolute Gasteiger partial charge is 0.245 e. The number of benzene rings is 2. The molecule has 4 rings (SSSR count). The highest BCUT2D eigenvalue weighted by Crippen LogP contribution is 2.44. The Morgan fingerprint density at radius 2 is 1.63 bits per heavy atom. The molecule has 2 aromatic rings. The van der Waals surface area contributed by atoms with Gasteiger partial charge in [-0.15, -0.1) is 0 Å². The van der Waals surface area contributed by atoms with Gasteiger partial charge in [-0.2, -0.15) is 0 Å². The van der Waals surface area contributed by atoms with Crippen LogP contribution in [-0.4, -0.2) is 73.9 Å². The van der Waals surface area contributed by atoms with Crippen LogP contribution >= 0.6 is 0 Å². The quantitative estimate of drug-likeness (QED) is 0.627. The van der Waals surface area contributed by atoms with Crippen LogP contribution in [0.25, 0.3) is 11.1 Å². The number of nitrogens with zero attached hydrogens (tertiary/aromatic N) is 1. The van der Waals surface area contributed by atoms with E-state index in [1.165, 1.54) is 0 Å². The maximum Gasteiger partial charge on any atom is 0.245 e. The number of carbonyl (C=O) groups is 2. The molecule has 2 aliphatic rings.